The lowest BCUT2D eigenvalue weighted by molar-refractivity contribution is 0.0719. The highest BCUT2D eigenvalue weighted by molar-refractivity contribution is 6.30. The second-order valence-corrected chi connectivity index (χ2v) is 3.85. The van der Waals surface area contributed by atoms with Gasteiger partial charge in [-0.3, -0.25) is 0 Å². The third-order valence-corrected chi connectivity index (χ3v) is 2.31. The molecule has 0 aliphatic carbocycles. The third kappa shape index (κ3) is 6.08. The SMILES string of the molecule is COCCOCCNCc1cccc(Cl)c1. The summed E-state index contributed by atoms with van der Waals surface area (Å²) in [6.45, 7) is 3.64. The summed E-state index contributed by atoms with van der Waals surface area (Å²) in [5.74, 6) is 0. The first kappa shape index (κ1) is 13.5. The Bertz CT molecular complexity index is 294. The van der Waals surface area contributed by atoms with Crippen LogP contribution in [0.25, 0.3) is 0 Å². The molecule has 0 unspecified atom stereocenters. The van der Waals surface area contributed by atoms with E-state index in [4.69, 9.17) is 21.1 Å². The highest BCUT2D eigenvalue weighted by Gasteiger charge is 1.93. The molecule has 0 spiro atoms. The molecule has 0 heterocycles. The van der Waals surface area contributed by atoms with Gasteiger partial charge in [0.25, 0.3) is 0 Å². The van der Waals surface area contributed by atoms with Gasteiger partial charge in [-0.05, 0) is 17.7 Å². The smallest absolute Gasteiger partial charge is 0.0700 e. The van der Waals surface area contributed by atoms with Gasteiger partial charge in [-0.15, -0.1) is 0 Å². The van der Waals surface area contributed by atoms with E-state index < -0.39 is 0 Å². The monoisotopic (exact) mass is 243 g/mol. The lowest BCUT2D eigenvalue weighted by Crippen LogP contribution is -2.20. The Hall–Kier alpha value is -0.610. The number of benzene rings is 1. The molecule has 90 valence electrons. The van der Waals surface area contributed by atoms with Crippen molar-refractivity contribution in [2.75, 3.05) is 33.5 Å². The van der Waals surface area contributed by atoms with Gasteiger partial charge in [0.2, 0.25) is 0 Å². The van der Waals surface area contributed by atoms with Crippen LogP contribution in [0.3, 0.4) is 0 Å². The number of halogens is 1. The van der Waals surface area contributed by atoms with Crippen LogP contribution in [0.4, 0.5) is 0 Å². The van der Waals surface area contributed by atoms with Gasteiger partial charge in [0.1, 0.15) is 0 Å². The molecule has 1 N–H and O–H groups in total. The Morgan fingerprint density at radius 1 is 1.25 bits per heavy atom. The number of ether oxygens (including phenoxy) is 2. The summed E-state index contributed by atoms with van der Waals surface area (Å²) in [4.78, 5) is 0. The summed E-state index contributed by atoms with van der Waals surface area (Å²) in [6.07, 6.45) is 0. The van der Waals surface area contributed by atoms with Gasteiger partial charge in [-0.1, -0.05) is 23.7 Å². The molecule has 0 radical (unpaired) electrons. The highest BCUT2D eigenvalue weighted by Crippen LogP contribution is 2.09. The summed E-state index contributed by atoms with van der Waals surface area (Å²) in [5.41, 5.74) is 1.18. The fraction of sp³-hybridized carbons (Fsp3) is 0.500. The lowest BCUT2D eigenvalue weighted by atomic mass is 10.2. The van der Waals surface area contributed by atoms with E-state index >= 15 is 0 Å². The Kier molecular flexibility index (Phi) is 7.17. The standard InChI is InChI=1S/C12H18ClNO2/c1-15-7-8-16-6-5-14-10-11-3-2-4-12(13)9-11/h2-4,9,14H,5-8,10H2,1H3. The molecule has 4 heteroatoms. The van der Waals surface area contributed by atoms with Crippen molar-refractivity contribution in [2.24, 2.45) is 0 Å². The van der Waals surface area contributed by atoms with Gasteiger partial charge >= 0.3 is 0 Å². The molecule has 1 aromatic carbocycles. The molecule has 16 heavy (non-hydrogen) atoms. The van der Waals surface area contributed by atoms with E-state index in [1.54, 1.807) is 7.11 Å². The van der Waals surface area contributed by atoms with Crippen LogP contribution in [0.5, 0.6) is 0 Å². The van der Waals surface area contributed by atoms with Crippen molar-refractivity contribution in [2.45, 2.75) is 6.54 Å². The molecule has 3 nitrogen and oxygen atoms in total. The summed E-state index contributed by atoms with van der Waals surface area (Å²) in [6, 6.07) is 7.83. The van der Waals surface area contributed by atoms with Crippen molar-refractivity contribution in [3.05, 3.63) is 34.9 Å². The number of methoxy groups -OCH3 is 1. The van der Waals surface area contributed by atoms with Crippen molar-refractivity contribution in [3.63, 3.8) is 0 Å². The summed E-state index contributed by atoms with van der Waals surface area (Å²) in [7, 11) is 1.67. The average Bonchev–Trinajstić information content (AvgIpc) is 2.28. The summed E-state index contributed by atoms with van der Waals surface area (Å²) >= 11 is 5.88. The van der Waals surface area contributed by atoms with Crippen LogP contribution < -0.4 is 5.32 Å². The van der Waals surface area contributed by atoms with Gasteiger partial charge in [0, 0.05) is 25.2 Å². The number of hydrogen-bond donors (Lipinski definition) is 1. The number of rotatable bonds is 8. The Morgan fingerprint density at radius 3 is 2.88 bits per heavy atom. The van der Waals surface area contributed by atoms with Gasteiger partial charge in [0.15, 0.2) is 0 Å². The summed E-state index contributed by atoms with van der Waals surface area (Å²) < 4.78 is 10.2. The Balaban J connectivity index is 2.03. The second-order valence-electron chi connectivity index (χ2n) is 3.41. The predicted octanol–water partition coefficient (Wildman–Crippen LogP) is 2.09. The van der Waals surface area contributed by atoms with Crippen LogP contribution in [0.2, 0.25) is 5.02 Å². The average molecular weight is 244 g/mol. The fourth-order valence-electron chi connectivity index (χ4n) is 1.27. The molecule has 1 rings (SSSR count). The van der Waals surface area contributed by atoms with E-state index in [1.165, 1.54) is 5.56 Å². The predicted molar refractivity (Wildman–Crippen MR) is 65.9 cm³/mol. The topological polar surface area (TPSA) is 30.5 Å². The maximum atomic E-state index is 5.88. The second kappa shape index (κ2) is 8.53. The Morgan fingerprint density at radius 2 is 2.12 bits per heavy atom. The first-order chi connectivity index (χ1) is 7.83. The number of hydrogen-bond acceptors (Lipinski definition) is 3. The van der Waals surface area contributed by atoms with E-state index in [0.29, 0.717) is 19.8 Å². The van der Waals surface area contributed by atoms with Crippen molar-refractivity contribution in [1.82, 2.24) is 5.32 Å². The first-order valence-corrected chi connectivity index (χ1v) is 5.72. The van der Waals surface area contributed by atoms with Crippen LogP contribution in [0.1, 0.15) is 5.56 Å². The largest absolute Gasteiger partial charge is 0.382 e. The molecule has 0 atom stereocenters. The van der Waals surface area contributed by atoms with Crippen LogP contribution in [0.15, 0.2) is 24.3 Å². The minimum absolute atomic E-state index is 0.647. The zero-order valence-electron chi connectivity index (χ0n) is 9.54. The highest BCUT2D eigenvalue weighted by atomic mass is 35.5. The first-order valence-electron chi connectivity index (χ1n) is 5.35. The van der Waals surface area contributed by atoms with Crippen LogP contribution >= 0.6 is 11.6 Å². The molecule has 0 bridgehead atoms. The van der Waals surface area contributed by atoms with Crippen molar-refractivity contribution < 1.29 is 9.47 Å². The zero-order valence-corrected chi connectivity index (χ0v) is 10.3. The van der Waals surface area contributed by atoms with Gasteiger partial charge < -0.3 is 14.8 Å². The molecule has 0 aromatic heterocycles. The minimum Gasteiger partial charge on any atom is -0.382 e. The normalized spacial score (nSPS) is 10.6. The lowest BCUT2D eigenvalue weighted by Gasteiger charge is -2.06. The fourth-order valence-corrected chi connectivity index (χ4v) is 1.48. The summed E-state index contributed by atoms with van der Waals surface area (Å²) in [5, 5.41) is 4.06. The zero-order chi connectivity index (χ0) is 11.6. The van der Waals surface area contributed by atoms with E-state index in [9.17, 15) is 0 Å². The van der Waals surface area contributed by atoms with Crippen LogP contribution in [-0.4, -0.2) is 33.5 Å². The quantitative estimate of drug-likeness (QED) is 0.710. The molecule has 0 aliphatic rings. The van der Waals surface area contributed by atoms with Gasteiger partial charge in [-0.2, -0.15) is 0 Å². The molecule has 0 saturated heterocycles. The third-order valence-electron chi connectivity index (χ3n) is 2.07. The molecular weight excluding hydrogens is 226 g/mol. The minimum atomic E-state index is 0.647. The van der Waals surface area contributed by atoms with E-state index in [0.717, 1.165) is 18.1 Å². The van der Waals surface area contributed by atoms with E-state index in [-0.39, 0.29) is 0 Å². The van der Waals surface area contributed by atoms with E-state index in [1.807, 2.05) is 24.3 Å². The molecule has 0 aliphatic heterocycles. The molecule has 1 aromatic rings. The van der Waals surface area contributed by atoms with Gasteiger partial charge in [-0.25, -0.2) is 0 Å². The van der Waals surface area contributed by atoms with Crippen LogP contribution in [0, 0.1) is 0 Å². The van der Waals surface area contributed by atoms with Gasteiger partial charge in [0.05, 0.1) is 19.8 Å². The molecule has 0 saturated carbocycles. The maximum absolute atomic E-state index is 5.88. The van der Waals surface area contributed by atoms with Crippen molar-refractivity contribution >= 4 is 11.6 Å². The Labute approximate surface area is 102 Å². The van der Waals surface area contributed by atoms with Crippen molar-refractivity contribution in [3.8, 4) is 0 Å². The molecular formula is C12H18ClNO2. The van der Waals surface area contributed by atoms with E-state index in [2.05, 4.69) is 5.32 Å². The van der Waals surface area contributed by atoms with Crippen molar-refractivity contribution in [1.29, 1.82) is 0 Å². The molecule has 0 amide bonds. The number of nitrogens with one attached hydrogen (secondary N) is 1. The maximum Gasteiger partial charge on any atom is 0.0700 e. The molecule has 0 fully saturated rings. The van der Waals surface area contributed by atoms with Crippen LogP contribution in [-0.2, 0) is 16.0 Å².